The van der Waals surface area contributed by atoms with Crippen LogP contribution in [0.4, 0.5) is 0 Å². The number of methoxy groups -OCH3 is 1. The first-order valence-corrected chi connectivity index (χ1v) is 10.6. The number of hydrogen-bond acceptors (Lipinski definition) is 6. The predicted molar refractivity (Wildman–Crippen MR) is 113 cm³/mol. The zero-order valence-corrected chi connectivity index (χ0v) is 17.8. The van der Waals surface area contributed by atoms with Crippen LogP contribution in [0.25, 0.3) is 0 Å². The van der Waals surface area contributed by atoms with Crippen LogP contribution in [0.15, 0.2) is 35.7 Å². The topological polar surface area (TPSA) is 97.0 Å². The van der Waals surface area contributed by atoms with E-state index in [1.165, 1.54) is 18.4 Å². The minimum absolute atomic E-state index is 0.0855. The van der Waals surface area contributed by atoms with Crippen LogP contribution < -0.4 is 20.3 Å². The maximum atomic E-state index is 12.6. The second-order valence-electron chi connectivity index (χ2n) is 6.74. The lowest BCUT2D eigenvalue weighted by molar-refractivity contribution is -0.138. The summed E-state index contributed by atoms with van der Waals surface area (Å²) in [6, 6.07) is 7.97. The first-order chi connectivity index (χ1) is 14.5. The first kappa shape index (κ1) is 21.6. The Balaban J connectivity index is 1.57. The molecule has 1 unspecified atom stereocenters. The van der Waals surface area contributed by atoms with Gasteiger partial charge in [-0.1, -0.05) is 6.07 Å². The average molecular weight is 432 g/mol. The Hall–Kier alpha value is -3.07. The van der Waals surface area contributed by atoms with Crippen LogP contribution in [0.1, 0.15) is 35.0 Å². The Labute approximate surface area is 179 Å². The van der Waals surface area contributed by atoms with E-state index in [-0.39, 0.29) is 12.3 Å². The number of carbonyl (C=O) groups is 3. The van der Waals surface area contributed by atoms with E-state index in [9.17, 15) is 14.4 Å². The molecule has 0 bridgehead atoms. The summed E-state index contributed by atoms with van der Waals surface area (Å²) in [5, 5.41) is 1.92. The summed E-state index contributed by atoms with van der Waals surface area (Å²) in [7, 11) is 1.49. The molecule has 1 aromatic carbocycles. The minimum Gasteiger partial charge on any atom is -0.493 e. The fourth-order valence-electron chi connectivity index (χ4n) is 3.36. The fraction of sp³-hybridized carbons (Fsp3) is 0.381. The van der Waals surface area contributed by atoms with Crippen molar-refractivity contribution in [3.63, 3.8) is 0 Å². The van der Waals surface area contributed by atoms with E-state index < -0.39 is 17.9 Å². The van der Waals surface area contributed by atoms with Gasteiger partial charge in [0.15, 0.2) is 11.5 Å². The van der Waals surface area contributed by atoms with E-state index in [2.05, 4.69) is 10.9 Å². The highest BCUT2D eigenvalue weighted by Crippen LogP contribution is 2.28. The third-order valence-electron chi connectivity index (χ3n) is 4.81. The number of hydrazine groups is 1. The lowest BCUT2D eigenvalue weighted by Gasteiger charge is -2.24. The number of amides is 3. The normalized spacial score (nSPS) is 15.5. The van der Waals surface area contributed by atoms with E-state index in [1.54, 1.807) is 23.1 Å². The number of thiophene rings is 1. The van der Waals surface area contributed by atoms with Crippen LogP contribution in [0.3, 0.4) is 0 Å². The molecule has 0 aliphatic carbocycles. The van der Waals surface area contributed by atoms with Gasteiger partial charge in [-0.3, -0.25) is 25.2 Å². The Bertz CT molecular complexity index is 900. The maximum Gasteiger partial charge on any atom is 0.269 e. The van der Waals surface area contributed by atoms with Crippen LogP contribution in [-0.4, -0.2) is 48.9 Å². The summed E-state index contributed by atoms with van der Waals surface area (Å²) < 4.78 is 10.7. The van der Waals surface area contributed by atoms with E-state index in [1.807, 2.05) is 24.4 Å². The molecule has 3 amide bonds. The lowest BCUT2D eigenvalue weighted by Crippen LogP contribution is -2.51. The zero-order valence-electron chi connectivity index (χ0n) is 17.0. The molecule has 1 saturated heterocycles. The van der Waals surface area contributed by atoms with Gasteiger partial charge in [0, 0.05) is 17.0 Å². The second-order valence-corrected chi connectivity index (χ2v) is 7.78. The summed E-state index contributed by atoms with van der Waals surface area (Å²) in [4.78, 5) is 40.2. The van der Waals surface area contributed by atoms with E-state index >= 15 is 0 Å². The van der Waals surface area contributed by atoms with Crippen molar-refractivity contribution in [1.82, 2.24) is 15.8 Å². The van der Waals surface area contributed by atoms with Crippen molar-refractivity contribution < 1.29 is 23.9 Å². The summed E-state index contributed by atoms with van der Waals surface area (Å²) in [5.41, 5.74) is 5.17. The molecule has 2 heterocycles. The summed E-state index contributed by atoms with van der Waals surface area (Å²) in [5.74, 6) is -0.0153. The highest BCUT2D eigenvalue weighted by Gasteiger charge is 2.34. The molecule has 8 nitrogen and oxygen atoms in total. The Kier molecular flexibility index (Phi) is 7.29. The number of likely N-dealkylation sites (tertiary alicyclic amines) is 1. The van der Waals surface area contributed by atoms with Gasteiger partial charge in [-0.15, -0.1) is 11.3 Å². The number of carbonyl (C=O) groups excluding carboxylic acids is 3. The third-order valence-corrected chi connectivity index (χ3v) is 5.68. The monoisotopic (exact) mass is 431 g/mol. The summed E-state index contributed by atoms with van der Waals surface area (Å²) in [6.45, 7) is 2.86. The molecule has 30 heavy (non-hydrogen) atoms. The Morgan fingerprint density at radius 3 is 2.73 bits per heavy atom. The quantitative estimate of drug-likeness (QED) is 0.655. The zero-order chi connectivity index (χ0) is 21.5. The molecule has 2 aromatic rings. The lowest BCUT2D eigenvalue weighted by atomic mass is 10.2. The van der Waals surface area contributed by atoms with Crippen molar-refractivity contribution in [2.45, 2.75) is 32.2 Å². The Morgan fingerprint density at radius 1 is 1.20 bits per heavy atom. The van der Waals surface area contributed by atoms with Crippen LogP contribution in [0.2, 0.25) is 0 Å². The largest absolute Gasteiger partial charge is 0.493 e. The third kappa shape index (κ3) is 5.10. The van der Waals surface area contributed by atoms with Gasteiger partial charge in [0.25, 0.3) is 11.8 Å². The molecule has 160 valence electrons. The molecule has 2 N–H and O–H groups in total. The van der Waals surface area contributed by atoms with Gasteiger partial charge >= 0.3 is 0 Å². The molecule has 0 radical (unpaired) electrons. The van der Waals surface area contributed by atoms with Crippen molar-refractivity contribution in [2.75, 3.05) is 20.3 Å². The molecule has 1 aliphatic heterocycles. The van der Waals surface area contributed by atoms with E-state index in [0.29, 0.717) is 36.6 Å². The van der Waals surface area contributed by atoms with Crippen LogP contribution in [0, 0.1) is 0 Å². The van der Waals surface area contributed by atoms with E-state index in [0.717, 1.165) is 11.3 Å². The predicted octanol–water partition coefficient (Wildman–Crippen LogP) is 2.15. The van der Waals surface area contributed by atoms with Crippen molar-refractivity contribution in [1.29, 1.82) is 0 Å². The van der Waals surface area contributed by atoms with Crippen molar-refractivity contribution >= 4 is 29.1 Å². The fourth-order valence-corrected chi connectivity index (χ4v) is 4.05. The van der Waals surface area contributed by atoms with Crippen molar-refractivity contribution in [3.05, 3.63) is 46.2 Å². The second kappa shape index (κ2) is 10.1. The molecule has 1 aliphatic rings. The number of nitrogens with one attached hydrogen (secondary N) is 2. The minimum atomic E-state index is -0.590. The molecular weight excluding hydrogens is 406 g/mol. The summed E-state index contributed by atoms with van der Waals surface area (Å²) in [6.07, 6.45) is 1.59. The molecular formula is C21H25N3O5S. The molecule has 0 spiro atoms. The van der Waals surface area contributed by atoms with Gasteiger partial charge in [-0.05, 0) is 49.4 Å². The van der Waals surface area contributed by atoms with E-state index in [4.69, 9.17) is 9.47 Å². The number of ether oxygens (including phenoxy) is 2. The van der Waals surface area contributed by atoms with Crippen LogP contribution in [0.5, 0.6) is 11.5 Å². The van der Waals surface area contributed by atoms with Crippen molar-refractivity contribution in [3.8, 4) is 11.5 Å². The summed E-state index contributed by atoms with van der Waals surface area (Å²) >= 11 is 1.51. The maximum absolute atomic E-state index is 12.6. The molecule has 1 atom stereocenters. The molecule has 1 fully saturated rings. The molecule has 0 saturated carbocycles. The number of nitrogens with zero attached hydrogens (tertiary/aromatic N) is 1. The standard InChI is InChI=1S/C21H25N3O5S/c1-3-29-17-9-8-14(12-18(17)28-2)20(26)22-23-21(27)16-7-4-10-24(16)19(25)13-15-6-5-11-30-15/h5-6,8-9,11-12,16H,3-4,7,10,13H2,1-2H3,(H,22,26)(H,23,27). The van der Waals surface area contributed by atoms with Gasteiger partial charge in [-0.25, -0.2) is 0 Å². The van der Waals surface area contributed by atoms with Crippen LogP contribution in [-0.2, 0) is 16.0 Å². The van der Waals surface area contributed by atoms with Crippen molar-refractivity contribution in [2.24, 2.45) is 0 Å². The van der Waals surface area contributed by atoms with Gasteiger partial charge in [-0.2, -0.15) is 0 Å². The molecule has 3 rings (SSSR count). The van der Waals surface area contributed by atoms with Gasteiger partial charge in [0.1, 0.15) is 6.04 Å². The smallest absolute Gasteiger partial charge is 0.269 e. The van der Waals surface area contributed by atoms with Gasteiger partial charge < -0.3 is 14.4 Å². The van der Waals surface area contributed by atoms with Gasteiger partial charge in [0.2, 0.25) is 5.91 Å². The van der Waals surface area contributed by atoms with Gasteiger partial charge in [0.05, 0.1) is 20.1 Å². The highest BCUT2D eigenvalue weighted by atomic mass is 32.1. The number of benzene rings is 1. The number of hydrogen-bond donors (Lipinski definition) is 2. The SMILES string of the molecule is CCOc1ccc(C(=O)NNC(=O)C2CCCN2C(=O)Cc2cccs2)cc1OC. The first-order valence-electron chi connectivity index (χ1n) is 9.76. The molecule has 9 heteroatoms. The number of rotatable bonds is 7. The highest BCUT2D eigenvalue weighted by molar-refractivity contribution is 7.10. The molecule has 1 aromatic heterocycles. The Morgan fingerprint density at radius 2 is 2.03 bits per heavy atom. The van der Waals surface area contributed by atoms with Crippen LogP contribution >= 0.6 is 11.3 Å². The average Bonchev–Trinajstić information content (AvgIpc) is 3.44.